The highest BCUT2D eigenvalue weighted by Gasteiger charge is 2.14. The molecule has 7 nitrogen and oxygen atoms in total. The molecule has 0 aliphatic rings. The van der Waals surface area contributed by atoms with Gasteiger partial charge in [-0.25, -0.2) is 4.68 Å². The Hall–Kier alpha value is -2.80. The van der Waals surface area contributed by atoms with Crippen LogP contribution in [0.25, 0.3) is 11.0 Å². The van der Waals surface area contributed by atoms with E-state index in [0.717, 1.165) is 34.4 Å². The van der Waals surface area contributed by atoms with Crippen molar-refractivity contribution in [3.05, 3.63) is 46.8 Å². The molecule has 7 heteroatoms. The van der Waals surface area contributed by atoms with Crippen LogP contribution in [-0.4, -0.2) is 31.1 Å². The van der Waals surface area contributed by atoms with Crippen molar-refractivity contribution in [3.8, 4) is 5.75 Å². The van der Waals surface area contributed by atoms with Crippen molar-refractivity contribution in [1.29, 1.82) is 0 Å². The molecule has 3 aromatic rings. The standard InChI is InChI=1S/C19H22N4O3/c1-4-23-16-8-9-17(13(3)19(16)21-22-23)26-18(25)10-7-14-6-5-12(2)15(11-24)20-14/h5-6,8-9,24H,4,7,10-11H2,1-3H3. The van der Waals surface area contributed by atoms with E-state index >= 15 is 0 Å². The summed E-state index contributed by atoms with van der Waals surface area (Å²) in [5, 5.41) is 17.5. The van der Waals surface area contributed by atoms with Crippen LogP contribution in [0, 0.1) is 13.8 Å². The third-order valence-corrected chi connectivity index (χ3v) is 4.41. The number of hydrogen-bond acceptors (Lipinski definition) is 6. The van der Waals surface area contributed by atoms with Gasteiger partial charge in [-0.2, -0.15) is 0 Å². The summed E-state index contributed by atoms with van der Waals surface area (Å²) in [7, 11) is 0. The third kappa shape index (κ3) is 3.57. The summed E-state index contributed by atoms with van der Waals surface area (Å²) in [4.78, 5) is 16.6. The van der Waals surface area contributed by atoms with E-state index in [-0.39, 0.29) is 19.0 Å². The van der Waals surface area contributed by atoms with Crippen molar-refractivity contribution < 1.29 is 14.6 Å². The number of fused-ring (bicyclic) bond motifs is 1. The molecular weight excluding hydrogens is 332 g/mol. The quantitative estimate of drug-likeness (QED) is 0.540. The first-order valence-electron chi connectivity index (χ1n) is 8.63. The highest BCUT2D eigenvalue weighted by Crippen LogP contribution is 2.26. The second-order valence-corrected chi connectivity index (χ2v) is 6.16. The molecule has 0 atom stereocenters. The summed E-state index contributed by atoms with van der Waals surface area (Å²) in [6.07, 6.45) is 0.666. The fourth-order valence-corrected chi connectivity index (χ4v) is 2.81. The van der Waals surface area contributed by atoms with Crippen molar-refractivity contribution in [2.75, 3.05) is 0 Å². The summed E-state index contributed by atoms with van der Waals surface area (Å²) < 4.78 is 7.31. The minimum atomic E-state index is -0.330. The summed E-state index contributed by atoms with van der Waals surface area (Å²) >= 11 is 0. The Morgan fingerprint density at radius 1 is 1.23 bits per heavy atom. The third-order valence-electron chi connectivity index (χ3n) is 4.41. The first kappa shape index (κ1) is 18.0. The van der Waals surface area contributed by atoms with Gasteiger partial charge in [0.2, 0.25) is 0 Å². The summed E-state index contributed by atoms with van der Waals surface area (Å²) in [6, 6.07) is 7.40. The average Bonchev–Trinajstić information content (AvgIpc) is 3.07. The van der Waals surface area contributed by atoms with Gasteiger partial charge in [0.25, 0.3) is 0 Å². The van der Waals surface area contributed by atoms with Gasteiger partial charge in [0.05, 0.1) is 24.2 Å². The number of nitrogens with zero attached hydrogens (tertiary/aromatic N) is 4. The zero-order valence-corrected chi connectivity index (χ0v) is 15.2. The summed E-state index contributed by atoms with van der Waals surface area (Å²) in [6.45, 7) is 6.38. The molecule has 0 saturated heterocycles. The van der Waals surface area contributed by atoms with Crippen LogP contribution < -0.4 is 4.74 Å². The van der Waals surface area contributed by atoms with Crippen LogP contribution in [0.4, 0.5) is 0 Å². The Balaban J connectivity index is 1.68. The maximum atomic E-state index is 12.2. The lowest BCUT2D eigenvalue weighted by molar-refractivity contribution is -0.134. The van der Waals surface area contributed by atoms with Crippen LogP contribution in [0.2, 0.25) is 0 Å². The smallest absolute Gasteiger partial charge is 0.311 e. The zero-order valence-electron chi connectivity index (χ0n) is 15.2. The number of rotatable bonds is 6. The zero-order chi connectivity index (χ0) is 18.7. The minimum Gasteiger partial charge on any atom is -0.426 e. The molecule has 26 heavy (non-hydrogen) atoms. The number of aliphatic hydroxyl groups excluding tert-OH is 1. The second kappa shape index (κ2) is 7.61. The molecule has 1 aromatic carbocycles. The lowest BCUT2D eigenvalue weighted by Gasteiger charge is -2.09. The van der Waals surface area contributed by atoms with Gasteiger partial charge in [-0.1, -0.05) is 11.3 Å². The number of aromatic nitrogens is 4. The summed E-state index contributed by atoms with van der Waals surface area (Å²) in [5.41, 5.74) is 4.79. The van der Waals surface area contributed by atoms with Crippen LogP contribution in [-0.2, 0) is 24.4 Å². The predicted octanol–water partition coefficient (Wildman–Crippen LogP) is 2.49. The average molecular weight is 354 g/mol. The van der Waals surface area contributed by atoms with Crippen molar-refractivity contribution in [2.24, 2.45) is 0 Å². The molecule has 2 aromatic heterocycles. The van der Waals surface area contributed by atoms with Gasteiger partial charge in [0.15, 0.2) is 0 Å². The molecule has 0 fully saturated rings. The molecule has 3 rings (SSSR count). The highest BCUT2D eigenvalue weighted by molar-refractivity contribution is 5.82. The number of carbonyl (C=O) groups excluding carboxylic acids is 1. The Labute approximate surface area is 151 Å². The topological polar surface area (TPSA) is 90.1 Å². The molecule has 0 aliphatic heterocycles. The van der Waals surface area contributed by atoms with Crippen LogP contribution in [0.1, 0.15) is 35.9 Å². The summed E-state index contributed by atoms with van der Waals surface area (Å²) in [5.74, 6) is 0.168. The van der Waals surface area contributed by atoms with Crippen LogP contribution in [0.3, 0.4) is 0 Å². The van der Waals surface area contributed by atoms with E-state index in [9.17, 15) is 9.90 Å². The number of carbonyl (C=O) groups is 1. The molecule has 0 bridgehead atoms. The lowest BCUT2D eigenvalue weighted by atomic mass is 10.1. The van der Waals surface area contributed by atoms with Gasteiger partial charge in [-0.3, -0.25) is 9.78 Å². The van der Waals surface area contributed by atoms with Crippen LogP contribution in [0.5, 0.6) is 5.75 Å². The van der Waals surface area contributed by atoms with E-state index in [1.165, 1.54) is 0 Å². The van der Waals surface area contributed by atoms with Gasteiger partial charge in [0, 0.05) is 24.2 Å². The first-order valence-corrected chi connectivity index (χ1v) is 8.63. The predicted molar refractivity (Wildman–Crippen MR) is 96.8 cm³/mol. The van der Waals surface area contributed by atoms with Crippen molar-refractivity contribution in [1.82, 2.24) is 20.0 Å². The molecule has 0 amide bonds. The van der Waals surface area contributed by atoms with E-state index in [4.69, 9.17) is 4.74 Å². The Kier molecular flexibility index (Phi) is 5.27. The van der Waals surface area contributed by atoms with E-state index in [2.05, 4.69) is 15.3 Å². The van der Waals surface area contributed by atoms with Crippen molar-refractivity contribution >= 4 is 17.0 Å². The molecule has 0 spiro atoms. The first-order chi connectivity index (χ1) is 12.5. The second-order valence-electron chi connectivity index (χ2n) is 6.16. The minimum absolute atomic E-state index is 0.109. The molecule has 0 radical (unpaired) electrons. The normalized spacial score (nSPS) is 11.1. The Morgan fingerprint density at radius 3 is 2.77 bits per heavy atom. The SMILES string of the molecule is CCn1nnc2c(C)c(OC(=O)CCc3ccc(C)c(CO)n3)ccc21. The largest absolute Gasteiger partial charge is 0.426 e. The van der Waals surface area contributed by atoms with Crippen LogP contribution >= 0.6 is 0 Å². The Morgan fingerprint density at radius 2 is 2.04 bits per heavy atom. The van der Waals surface area contributed by atoms with Gasteiger partial charge in [0.1, 0.15) is 11.3 Å². The number of hydrogen-bond donors (Lipinski definition) is 1. The maximum absolute atomic E-state index is 12.2. The van der Waals surface area contributed by atoms with Gasteiger partial charge >= 0.3 is 5.97 Å². The fraction of sp³-hybridized carbons (Fsp3) is 0.368. The van der Waals surface area contributed by atoms with E-state index < -0.39 is 0 Å². The molecule has 0 aliphatic carbocycles. The molecule has 1 N–H and O–H groups in total. The lowest BCUT2D eigenvalue weighted by Crippen LogP contribution is -2.11. The van der Waals surface area contributed by atoms with E-state index in [1.807, 2.05) is 39.0 Å². The number of ether oxygens (including phenoxy) is 1. The number of aliphatic hydroxyl groups is 1. The molecule has 2 heterocycles. The van der Waals surface area contributed by atoms with Gasteiger partial charge < -0.3 is 9.84 Å². The van der Waals surface area contributed by atoms with Gasteiger partial charge in [-0.15, -0.1) is 5.10 Å². The van der Waals surface area contributed by atoms with Crippen molar-refractivity contribution in [3.63, 3.8) is 0 Å². The number of aryl methyl sites for hydroxylation is 4. The van der Waals surface area contributed by atoms with Crippen molar-refractivity contribution in [2.45, 2.75) is 46.8 Å². The monoisotopic (exact) mass is 354 g/mol. The Bertz CT molecular complexity index is 949. The van der Waals surface area contributed by atoms with Crippen LogP contribution in [0.15, 0.2) is 24.3 Å². The number of pyridine rings is 1. The van der Waals surface area contributed by atoms with Gasteiger partial charge in [-0.05, 0) is 44.5 Å². The fourth-order valence-electron chi connectivity index (χ4n) is 2.81. The molecule has 0 saturated carbocycles. The molecule has 0 unspecified atom stereocenters. The number of esters is 1. The number of benzene rings is 1. The van der Waals surface area contributed by atoms with E-state index in [0.29, 0.717) is 17.9 Å². The maximum Gasteiger partial charge on any atom is 0.311 e. The molecule has 136 valence electrons. The highest BCUT2D eigenvalue weighted by atomic mass is 16.5. The molecular formula is C19H22N4O3. The van der Waals surface area contributed by atoms with E-state index in [1.54, 1.807) is 10.7 Å².